The first kappa shape index (κ1) is 17.8. The van der Waals surface area contributed by atoms with Gasteiger partial charge >= 0.3 is 11.7 Å². The third-order valence-electron chi connectivity index (χ3n) is 4.56. The molecule has 0 bridgehead atoms. The number of para-hydroxylation sites is 2. The first-order chi connectivity index (χ1) is 13.6. The molecule has 7 nitrogen and oxygen atoms in total. The van der Waals surface area contributed by atoms with E-state index in [0.717, 1.165) is 16.6 Å². The quantitative estimate of drug-likeness (QED) is 0.482. The highest BCUT2D eigenvalue weighted by Gasteiger charge is 2.13. The lowest BCUT2D eigenvalue weighted by Crippen LogP contribution is -2.23. The van der Waals surface area contributed by atoms with Gasteiger partial charge in [0.1, 0.15) is 0 Å². The lowest BCUT2D eigenvalue weighted by Gasteiger charge is -2.04. The van der Waals surface area contributed by atoms with E-state index in [-0.39, 0.29) is 25.3 Å². The number of esters is 1. The van der Waals surface area contributed by atoms with Gasteiger partial charge in [0.15, 0.2) is 12.4 Å². The zero-order valence-electron chi connectivity index (χ0n) is 15.4. The van der Waals surface area contributed by atoms with Gasteiger partial charge in [0.25, 0.3) is 0 Å². The average molecular weight is 377 g/mol. The minimum atomic E-state index is -0.417. The molecule has 7 heteroatoms. The molecule has 0 aliphatic rings. The topological polar surface area (TPSA) is 79.3 Å². The SMILES string of the molecule is Cn1c(=O)n(CCC(=O)OCc2ncc(-c3ccccc3)o2)c2ccccc21. The Balaban J connectivity index is 1.37. The fourth-order valence-corrected chi connectivity index (χ4v) is 3.11. The first-order valence-corrected chi connectivity index (χ1v) is 8.93. The van der Waals surface area contributed by atoms with Gasteiger partial charge in [0, 0.05) is 19.2 Å². The van der Waals surface area contributed by atoms with Crippen molar-refractivity contribution in [3.05, 3.63) is 77.2 Å². The number of hydrogen-bond donors (Lipinski definition) is 0. The predicted octanol–water partition coefficient (Wildman–Crippen LogP) is 3.13. The summed E-state index contributed by atoms with van der Waals surface area (Å²) in [5, 5.41) is 0. The van der Waals surface area contributed by atoms with Gasteiger partial charge in [-0.25, -0.2) is 9.78 Å². The molecule has 2 aromatic heterocycles. The summed E-state index contributed by atoms with van der Waals surface area (Å²) in [6.45, 7) is 0.204. The molecule has 0 atom stereocenters. The summed E-state index contributed by atoms with van der Waals surface area (Å²) in [6, 6.07) is 17.0. The predicted molar refractivity (Wildman–Crippen MR) is 104 cm³/mol. The van der Waals surface area contributed by atoms with Crippen LogP contribution in [0.25, 0.3) is 22.4 Å². The van der Waals surface area contributed by atoms with Gasteiger partial charge in [-0.3, -0.25) is 13.9 Å². The summed E-state index contributed by atoms with van der Waals surface area (Å²) in [6.07, 6.45) is 1.69. The van der Waals surface area contributed by atoms with Gasteiger partial charge in [-0.2, -0.15) is 0 Å². The lowest BCUT2D eigenvalue weighted by molar-refractivity contribution is -0.145. The zero-order valence-corrected chi connectivity index (χ0v) is 15.4. The maximum atomic E-state index is 12.4. The monoisotopic (exact) mass is 377 g/mol. The van der Waals surface area contributed by atoms with Crippen LogP contribution < -0.4 is 5.69 Å². The zero-order chi connectivity index (χ0) is 19.5. The molecule has 0 amide bonds. The van der Waals surface area contributed by atoms with Gasteiger partial charge in [0.05, 0.1) is 23.7 Å². The van der Waals surface area contributed by atoms with Crippen LogP contribution in [0.2, 0.25) is 0 Å². The maximum absolute atomic E-state index is 12.4. The Morgan fingerprint density at radius 3 is 2.57 bits per heavy atom. The number of carbonyl (C=O) groups is 1. The van der Waals surface area contributed by atoms with Crippen molar-refractivity contribution in [1.82, 2.24) is 14.1 Å². The van der Waals surface area contributed by atoms with Gasteiger partial charge in [-0.15, -0.1) is 0 Å². The Bertz CT molecular complexity index is 1170. The second kappa shape index (κ2) is 7.56. The number of imidazole rings is 1. The molecule has 4 aromatic rings. The van der Waals surface area contributed by atoms with Crippen LogP contribution in [0, 0.1) is 0 Å². The number of nitrogens with zero attached hydrogens (tertiary/aromatic N) is 3. The van der Waals surface area contributed by atoms with E-state index < -0.39 is 5.97 Å². The fraction of sp³-hybridized carbons (Fsp3) is 0.190. The van der Waals surface area contributed by atoms with Crippen LogP contribution in [0.1, 0.15) is 12.3 Å². The van der Waals surface area contributed by atoms with Crippen molar-refractivity contribution >= 4 is 17.0 Å². The molecule has 0 radical (unpaired) electrons. The lowest BCUT2D eigenvalue weighted by atomic mass is 10.2. The highest BCUT2D eigenvalue weighted by atomic mass is 16.5. The minimum Gasteiger partial charge on any atom is -0.456 e. The molecular formula is C21H19N3O4. The van der Waals surface area contributed by atoms with Gasteiger partial charge in [-0.05, 0) is 12.1 Å². The van der Waals surface area contributed by atoms with Crippen molar-refractivity contribution in [1.29, 1.82) is 0 Å². The summed E-state index contributed by atoms with van der Waals surface area (Å²) in [5.74, 6) is 0.530. The summed E-state index contributed by atoms with van der Waals surface area (Å²) in [4.78, 5) is 28.6. The van der Waals surface area contributed by atoms with Gasteiger partial charge in [0.2, 0.25) is 5.89 Å². The van der Waals surface area contributed by atoms with E-state index >= 15 is 0 Å². The Hall–Kier alpha value is -3.61. The van der Waals surface area contributed by atoms with Crippen LogP contribution in [0.3, 0.4) is 0 Å². The van der Waals surface area contributed by atoms with Crippen LogP contribution in [0.4, 0.5) is 0 Å². The van der Waals surface area contributed by atoms with E-state index in [1.807, 2.05) is 54.6 Å². The molecular weight excluding hydrogens is 358 g/mol. The molecule has 0 N–H and O–H groups in total. The second-order valence-electron chi connectivity index (χ2n) is 6.38. The number of ether oxygens (including phenoxy) is 1. The Morgan fingerprint density at radius 2 is 1.79 bits per heavy atom. The highest BCUT2D eigenvalue weighted by Crippen LogP contribution is 2.20. The Kier molecular flexibility index (Phi) is 4.80. The van der Waals surface area contributed by atoms with Crippen LogP contribution in [0.5, 0.6) is 0 Å². The van der Waals surface area contributed by atoms with E-state index in [1.165, 1.54) is 0 Å². The summed E-state index contributed by atoms with van der Waals surface area (Å²) < 4.78 is 14.0. The average Bonchev–Trinajstić information content (AvgIpc) is 3.30. The molecule has 0 unspecified atom stereocenters. The third-order valence-corrected chi connectivity index (χ3v) is 4.56. The van der Waals surface area contributed by atoms with Gasteiger partial charge in [-0.1, -0.05) is 42.5 Å². The standard InChI is InChI=1S/C21H19N3O4/c1-23-16-9-5-6-10-17(16)24(21(23)26)12-11-20(25)27-14-19-22-13-18(28-19)15-7-3-2-4-8-15/h2-10,13H,11-12,14H2,1H3. The van der Waals surface area contributed by atoms with Gasteiger partial charge < -0.3 is 9.15 Å². The molecule has 0 saturated heterocycles. The van der Waals surface area contributed by atoms with E-state index in [0.29, 0.717) is 11.7 Å². The fourth-order valence-electron chi connectivity index (χ4n) is 3.11. The number of oxazole rings is 1. The largest absolute Gasteiger partial charge is 0.456 e. The number of carbonyl (C=O) groups excluding carboxylic acids is 1. The molecule has 0 spiro atoms. The van der Waals surface area contributed by atoms with E-state index in [9.17, 15) is 9.59 Å². The highest BCUT2D eigenvalue weighted by molar-refractivity contribution is 5.76. The van der Waals surface area contributed by atoms with Crippen molar-refractivity contribution in [2.75, 3.05) is 0 Å². The molecule has 0 aliphatic carbocycles. The Morgan fingerprint density at radius 1 is 1.07 bits per heavy atom. The molecule has 0 fully saturated rings. The van der Waals surface area contributed by atoms with Crippen molar-refractivity contribution in [2.24, 2.45) is 7.05 Å². The number of fused-ring (bicyclic) bond motifs is 1. The number of aromatic nitrogens is 3. The number of benzene rings is 2. The normalized spacial score (nSPS) is 11.0. The third kappa shape index (κ3) is 3.46. The smallest absolute Gasteiger partial charge is 0.328 e. The van der Waals surface area contributed by atoms with Crippen LogP contribution in [0.15, 0.2) is 70.0 Å². The summed E-state index contributed by atoms with van der Waals surface area (Å²) >= 11 is 0. The molecule has 28 heavy (non-hydrogen) atoms. The molecule has 2 aromatic carbocycles. The molecule has 0 saturated carbocycles. The Labute approximate surface area is 160 Å². The first-order valence-electron chi connectivity index (χ1n) is 8.93. The summed E-state index contributed by atoms with van der Waals surface area (Å²) in [5.41, 5.74) is 2.37. The van der Waals surface area contributed by atoms with Crippen molar-refractivity contribution in [3.63, 3.8) is 0 Å². The van der Waals surface area contributed by atoms with Crippen LogP contribution in [-0.2, 0) is 29.7 Å². The molecule has 142 valence electrons. The summed E-state index contributed by atoms with van der Waals surface area (Å²) in [7, 11) is 1.71. The number of hydrogen-bond acceptors (Lipinski definition) is 5. The van der Waals surface area contributed by atoms with E-state index in [4.69, 9.17) is 9.15 Å². The second-order valence-corrected chi connectivity index (χ2v) is 6.38. The van der Waals surface area contributed by atoms with Crippen molar-refractivity contribution < 1.29 is 13.9 Å². The van der Waals surface area contributed by atoms with E-state index in [2.05, 4.69) is 4.98 Å². The number of aryl methyl sites for hydroxylation is 2. The minimum absolute atomic E-state index is 0.0455. The molecule has 4 rings (SSSR count). The number of rotatable bonds is 6. The van der Waals surface area contributed by atoms with E-state index in [1.54, 1.807) is 22.4 Å². The molecule has 0 aliphatic heterocycles. The molecule has 2 heterocycles. The van der Waals surface area contributed by atoms with Crippen molar-refractivity contribution in [3.8, 4) is 11.3 Å². The van der Waals surface area contributed by atoms with Crippen LogP contribution >= 0.6 is 0 Å². The van der Waals surface area contributed by atoms with Crippen LogP contribution in [-0.4, -0.2) is 20.1 Å². The maximum Gasteiger partial charge on any atom is 0.328 e. The van der Waals surface area contributed by atoms with Crippen molar-refractivity contribution in [2.45, 2.75) is 19.6 Å².